The van der Waals surface area contributed by atoms with Crippen molar-refractivity contribution in [2.75, 3.05) is 24.5 Å². The fraction of sp³-hybridized carbons (Fsp3) is 0.600. The van der Waals surface area contributed by atoms with Crippen LogP contribution in [0.5, 0.6) is 0 Å². The van der Waals surface area contributed by atoms with Gasteiger partial charge in [0.25, 0.3) is 0 Å². The minimum absolute atomic E-state index is 0.211. The van der Waals surface area contributed by atoms with E-state index in [0.29, 0.717) is 0 Å². The van der Waals surface area contributed by atoms with Crippen LogP contribution < -0.4 is 10.2 Å². The zero-order chi connectivity index (χ0) is 9.97. The molecule has 2 heterocycles. The molecule has 1 fully saturated rings. The van der Waals surface area contributed by atoms with E-state index in [1.54, 1.807) is 11.3 Å². The Balaban J connectivity index is 2.14. The molecule has 1 saturated heterocycles. The van der Waals surface area contributed by atoms with E-state index in [1.807, 2.05) is 6.92 Å². The van der Waals surface area contributed by atoms with Gasteiger partial charge in [-0.05, 0) is 24.4 Å². The molecule has 1 aliphatic rings. The van der Waals surface area contributed by atoms with E-state index in [1.165, 1.54) is 5.00 Å². The molecule has 0 radical (unpaired) electrons. The van der Waals surface area contributed by atoms with Crippen molar-refractivity contribution in [2.24, 2.45) is 0 Å². The summed E-state index contributed by atoms with van der Waals surface area (Å²) in [6.45, 7) is 4.71. The Morgan fingerprint density at radius 2 is 2.57 bits per heavy atom. The molecule has 2 N–H and O–H groups in total. The monoisotopic (exact) mass is 212 g/mol. The van der Waals surface area contributed by atoms with Crippen LogP contribution in [-0.2, 0) is 0 Å². The van der Waals surface area contributed by atoms with Crippen LogP contribution in [0.1, 0.15) is 6.92 Å². The maximum absolute atomic E-state index is 9.67. The summed E-state index contributed by atoms with van der Waals surface area (Å²) >= 11 is 1.74. The number of rotatable bonds is 2. The van der Waals surface area contributed by atoms with Gasteiger partial charge < -0.3 is 15.3 Å². The van der Waals surface area contributed by atoms with Gasteiger partial charge in [-0.25, -0.2) is 0 Å². The van der Waals surface area contributed by atoms with Crippen LogP contribution in [0.25, 0.3) is 0 Å². The van der Waals surface area contributed by atoms with E-state index >= 15 is 0 Å². The van der Waals surface area contributed by atoms with E-state index in [4.69, 9.17) is 0 Å². The summed E-state index contributed by atoms with van der Waals surface area (Å²) in [5, 5.41) is 16.3. The summed E-state index contributed by atoms with van der Waals surface area (Å²) in [5.41, 5.74) is 0. The average Bonchev–Trinajstić information content (AvgIpc) is 2.70. The van der Waals surface area contributed by atoms with E-state index in [-0.39, 0.29) is 12.1 Å². The zero-order valence-electron chi connectivity index (χ0n) is 8.31. The van der Waals surface area contributed by atoms with Gasteiger partial charge in [0.15, 0.2) is 0 Å². The predicted molar refractivity (Wildman–Crippen MR) is 60.0 cm³/mol. The smallest absolute Gasteiger partial charge is 0.0912 e. The van der Waals surface area contributed by atoms with E-state index < -0.39 is 0 Å². The molecule has 2 unspecified atom stereocenters. The molecule has 78 valence electrons. The van der Waals surface area contributed by atoms with Gasteiger partial charge in [-0.1, -0.05) is 0 Å². The third kappa shape index (κ3) is 1.92. The highest BCUT2D eigenvalue weighted by atomic mass is 32.1. The minimum Gasteiger partial charge on any atom is -0.391 e. The van der Waals surface area contributed by atoms with E-state index in [0.717, 1.165) is 19.6 Å². The number of aliphatic hydroxyl groups is 1. The van der Waals surface area contributed by atoms with Crippen molar-refractivity contribution < 1.29 is 5.11 Å². The average molecular weight is 212 g/mol. The van der Waals surface area contributed by atoms with Crippen molar-refractivity contribution in [1.82, 2.24) is 5.32 Å². The van der Waals surface area contributed by atoms with Crippen molar-refractivity contribution in [2.45, 2.75) is 19.1 Å². The van der Waals surface area contributed by atoms with Crippen LogP contribution in [0.4, 0.5) is 5.00 Å². The summed E-state index contributed by atoms with van der Waals surface area (Å²) in [6, 6.07) is 4.38. The van der Waals surface area contributed by atoms with Gasteiger partial charge in [-0.3, -0.25) is 0 Å². The summed E-state index contributed by atoms with van der Waals surface area (Å²) in [4.78, 5) is 2.30. The van der Waals surface area contributed by atoms with Gasteiger partial charge >= 0.3 is 0 Å². The van der Waals surface area contributed by atoms with Gasteiger partial charge in [0.05, 0.1) is 17.1 Å². The SMILES string of the molecule is CC(O)C1CNCCN1c1cccs1. The summed E-state index contributed by atoms with van der Waals surface area (Å²) in [6.07, 6.45) is -0.287. The fourth-order valence-corrected chi connectivity index (χ4v) is 2.68. The Labute approximate surface area is 88.4 Å². The summed E-state index contributed by atoms with van der Waals surface area (Å²) in [5.74, 6) is 0. The molecule has 0 bridgehead atoms. The molecule has 0 aromatic carbocycles. The van der Waals surface area contributed by atoms with Crippen molar-refractivity contribution in [3.63, 3.8) is 0 Å². The molecule has 0 spiro atoms. The lowest BCUT2D eigenvalue weighted by Crippen LogP contribution is -2.55. The Hall–Kier alpha value is -0.580. The molecule has 4 heteroatoms. The Bertz CT molecular complexity index is 274. The first kappa shape index (κ1) is 9.96. The molecule has 0 saturated carbocycles. The molecule has 1 aliphatic heterocycles. The molecule has 3 nitrogen and oxygen atoms in total. The minimum atomic E-state index is -0.287. The van der Waals surface area contributed by atoms with Gasteiger partial charge in [0.2, 0.25) is 0 Å². The first-order valence-electron chi connectivity index (χ1n) is 4.98. The highest BCUT2D eigenvalue weighted by molar-refractivity contribution is 7.14. The van der Waals surface area contributed by atoms with Crippen LogP contribution in [0.2, 0.25) is 0 Å². The van der Waals surface area contributed by atoms with Crippen molar-refractivity contribution in [1.29, 1.82) is 0 Å². The second kappa shape index (κ2) is 4.29. The Kier molecular flexibility index (Phi) is 3.05. The molecular weight excluding hydrogens is 196 g/mol. The fourth-order valence-electron chi connectivity index (χ4n) is 1.86. The predicted octanol–water partition coefficient (Wildman–Crippen LogP) is 0.907. The largest absolute Gasteiger partial charge is 0.391 e. The summed E-state index contributed by atoms with van der Waals surface area (Å²) < 4.78 is 0. The number of thiophene rings is 1. The number of piperazine rings is 1. The number of nitrogens with zero attached hydrogens (tertiary/aromatic N) is 1. The van der Waals surface area contributed by atoms with E-state index in [2.05, 4.69) is 27.7 Å². The molecular formula is C10H16N2OS. The van der Waals surface area contributed by atoms with Crippen LogP contribution >= 0.6 is 11.3 Å². The standard InChI is InChI=1S/C10H16N2OS/c1-8(13)9-7-11-4-5-12(9)10-3-2-6-14-10/h2-3,6,8-9,11,13H,4-5,7H2,1H3. The van der Waals surface area contributed by atoms with Crippen LogP contribution in [0.3, 0.4) is 0 Å². The highest BCUT2D eigenvalue weighted by Gasteiger charge is 2.26. The Morgan fingerprint density at radius 1 is 1.71 bits per heavy atom. The van der Waals surface area contributed by atoms with Gasteiger partial charge in [0.1, 0.15) is 0 Å². The van der Waals surface area contributed by atoms with Gasteiger partial charge in [-0.2, -0.15) is 0 Å². The highest BCUT2D eigenvalue weighted by Crippen LogP contribution is 2.25. The van der Waals surface area contributed by atoms with Crippen molar-refractivity contribution >= 4 is 16.3 Å². The lowest BCUT2D eigenvalue weighted by Gasteiger charge is -2.38. The normalized spacial score (nSPS) is 25.0. The molecule has 0 aliphatic carbocycles. The van der Waals surface area contributed by atoms with Crippen LogP contribution in [-0.4, -0.2) is 36.9 Å². The topological polar surface area (TPSA) is 35.5 Å². The second-order valence-corrected chi connectivity index (χ2v) is 4.58. The molecule has 14 heavy (non-hydrogen) atoms. The molecule has 2 rings (SSSR count). The third-order valence-corrected chi connectivity index (χ3v) is 3.53. The second-order valence-electron chi connectivity index (χ2n) is 3.66. The third-order valence-electron chi connectivity index (χ3n) is 2.63. The van der Waals surface area contributed by atoms with Crippen molar-refractivity contribution in [3.05, 3.63) is 17.5 Å². The maximum Gasteiger partial charge on any atom is 0.0912 e. The Morgan fingerprint density at radius 3 is 3.21 bits per heavy atom. The van der Waals surface area contributed by atoms with Crippen LogP contribution in [0, 0.1) is 0 Å². The number of hydrogen-bond acceptors (Lipinski definition) is 4. The van der Waals surface area contributed by atoms with E-state index in [9.17, 15) is 5.11 Å². The quantitative estimate of drug-likeness (QED) is 0.765. The number of hydrogen-bond donors (Lipinski definition) is 2. The van der Waals surface area contributed by atoms with Gasteiger partial charge in [-0.15, -0.1) is 11.3 Å². The van der Waals surface area contributed by atoms with Gasteiger partial charge in [0, 0.05) is 19.6 Å². The zero-order valence-corrected chi connectivity index (χ0v) is 9.13. The number of nitrogens with one attached hydrogen (secondary N) is 1. The first-order valence-corrected chi connectivity index (χ1v) is 5.86. The molecule has 0 amide bonds. The lowest BCUT2D eigenvalue weighted by molar-refractivity contribution is 0.151. The summed E-state index contributed by atoms with van der Waals surface area (Å²) in [7, 11) is 0. The van der Waals surface area contributed by atoms with Crippen molar-refractivity contribution in [3.8, 4) is 0 Å². The number of aliphatic hydroxyl groups excluding tert-OH is 1. The molecule has 1 aromatic rings. The van der Waals surface area contributed by atoms with Crippen LogP contribution in [0.15, 0.2) is 17.5 Å². The molecule has 1 aromatic heterocycles. The first-order chi connectivity index (χ1) is 6.79. The maximum atomic E-state index is 9.67. The molecule has 2 atom stereocenters. The number of anilines is 1. The lowest BCUT2D eigenvalue weighted by atomic mass is 10.1.